The maximum absolute atomic E-state index is 12.9. The summed E-state index contributed by atoms with van der Waals surface area (Å²) in [6.45, 7) is 3.69. The van der Waals surface area contributed by atoms with Gasteiger partial charge >= 0.3 is 12.1 Å². The number of carbonyl (C=O) groups excluding carboxylic acids is 2. The zero-order chi connectivity index (χ0) is 18.4. The van der Waals surface area contributed by atoms with Crippen LogP contribution in [0.3, 0.4) is 0 Å². The number of hydrogen-bond acceptors (Lipinski definition) is 3. The Morgan fingerprint density at radius 1 is 1.08 bits per heavy atom. The van der Waals surface area contributed by atoms with Gasteiger partial charge in [-0.2, -0.15) is 0 Å². The van der Waals surface area contributed by atoms with Crippen LogP contribution in [0.15, 0.2) is 30.3 Å². The number of hydrogen-bond donors (Lipinski definition) is 1. The fourth-order valence-electron chi connectivity index (χ4n) is 3.44. The number of amides is 4. The van der Waals surface area contributed by atoms with E-state index in [0.717, 1.165) is 31.5 Å². The molecule has 7 heteroatoms. The first-order valence-corrected chi connectivity index (χ1v) is 9.36. The van der Waals surface area contributed by atoms with Gasteiger partial charge in [0.1, 0.15) is 0 Å². The molecule has 2 aliphatic rings. The molecule has 2 saturated heterocycles. The molecule has 0 spiro atoms. The molecule has 0 saturated carbocycles. The van der Waals surface area contributed by atoms with Crippen molar-refractivity contribution >= 4 is 17.7 Å². The molecule has 2 fully saturated rings. The van der Waals surface area contributed by atoms with Crippen molar-refractivity contribution in [3.05, 3.63) is 30.3 Å². The van der Waals surface area contributed by atoms with E-state index < -0.39 is 0 Å². The van der Waals surface area contributed by atoms with Crippen LogP contribution in [0, 0.1) is 0 Å². The monoisotopic (exact) mass is 360 g/mol. The number of carbonyl (C=O) groups is 2. The van der Waals surface area contributed by atoms with Crippen LogP contribution in [0.4, 0.5) is 15.3 Å². The second kappa shape index (κ2) is 8.89. The molecule has 142 valence electrons. The van der Waals surface area contributed by atoms with Gasteiger partial charge in [0, 0.05) is 45.0 Å². The molecule has 7 nitrogen and oxygen atoms in total. The standard InChI is InChI=1S/C19H28N4O3/c1-21(17-8-3-2-4-9-17)19(25)23-10-6-5-7-16(15-23)20-18(24)22-11-13-26-14-12-22/h2-4,8-9,16H,5-7,10-15H2,1H3,(H,20,24). The fraction of sp³-hybridized carbons (Fsp3) is 0.579. The Morgan fingerprint density at radius 2 is 1.81 bits per heavy atom. The third-order valence-electron chi connectivity index (χ3n) is 5.00. The van der Waals surface area contributed by atoms with Gasteiger partial charge in [0.25, 0.3) is 0 Å². The zero-order valence-electron chi connectivity index (χ0n) is 15.4. The molecule has 1 aromatic carbocycles. The normalized spacial score (nSPS) is 21.0. The largest absolute Gasteiger partial charge is 0.378 e. The zero-order valence-corrected chi connectivity index (χ0v) is 15.4. The van der Waals surface area contributed by atoms with Gasteiger partial charge in [-0.1, -0.05) is 18.2 Å². The molecular formula is C19H28N4O3. The number of likely N-dealkylation sites (tertiary alicyclic amines) is 1. The van der Waals surface area contributed by atoms with Crippen molar-refractivity contribution in [1.29, 1.82) is 0 Å². The number of nitrogens with one attached hydrogen (secondary N) is 1. The highest BCUT2D eigenvalue weighted by Crippen LogP contribution is 2.17. The van der Waals surface area contributed by atoms with Crippen LogP contribution in [0.2, 0.25) is 0 Å². The van der Waals surface area contributed by atoms with E-state index in [9.17, 15) is 9.59 Å². The minimum Gasteiger partial charge on any atom is -0.378 e. The molecule has 4 amide bonds. The molecular weight excluding hydrogens is 332 g/mol. The minimum atomic E-state index is -0.0518. The molecule has 26 heavy (non-hydrogen) atoms. The maximum atomic E-state index is 12.9. The summed E-state index contributed by atoms with van der Waals surface area (Å²) in [4.78, 5) is 30.7. The molecule has 0 radical (unpaired) electrons. The van der Waals surface area contributed by atoms with Crippen molar-refractivity contribution in [3.8, 4) is 0 Å². The van der Waals surface area contributed by atoms with Crippen LogP contribution in [-0.2, 0) is 4.74 Å². The second-order valence-corrected chi connectivity index (χ2v) is 6.86. The summed E-state index contributed by atoms with van der Waals surface area (Å²) in [7, 11) is 1.80. The number of anilines is 1. The van der Waals surface area contributed by atoms with E-state index in [1.165, 1.54) is 0 Å². The van der Waals surface area contributed by atoms with E-state index >= 15 is 0 Å². The van der Waals surface area contributed by atoms with Crippen LogP contribution < -0.4 is 10.2 Å². The van der Waals surface area contributed by atoms with Gasteiger partial charge in [0.05, 0.1) is 13.2 Å². The summed E-state index contributed by atoms with van der Waals surface area (Å²) in [6, 6.07) is 9.54. The maximum Gasteiger partial charge on any atom is 0.324 e. The lowest BCUT2D eigenvalue weighted by Gasteiger charge is -2.32. The van der Waals surface area contributed by atoms with E-state index in [1.54, 1.807) is 16.8 Å². The third-order valence-corrected chi connectivity index (χ3v) is 5.00. The van der Waals surface area contributed by atoms with E-state index in [2.05, 4.69) is 5.32 Å². The first-order valence-electron chi connectivity index (χ1n) is 9.36. The number of para-hydroxylation sites is 1. The molecule has 2 aliphatic heterocycles. The highest BCUT2D eigenvalue weighted by molar-refractivity contribution is 5.91. The summed E-state index contributed by atoms with van der Waals surface area (Å²) in [5.41, 5.74) is 0.871. The topological polar surface area (TPSA) is 65.1 Å². The van der Waals surface area contributed by atoms with E-state index in [0.29, 0.717) is 32.8 Å². The third kappa shape index (κ3) is 4.66. The predicted molar refractivity (Wildman–Crippen MR) is 100 cm³/mol. The Kier molecular flexibility index (Phi) is 6.33. The van der Waals surface area contributed by atoms with Crippen molar-refractivity contribution < 1.29 is 14.3 Å². The fourth-order valence-corrected chi connectivity index (χ4v) is 3.44. The first kappa shape index (κ1) is 18.5. The number of ether oxygens (including phenoxy) is 1. The predicted octanol–water partition coefficient (Wildman–Crippen LogP) is 2.14. The summed E-state index contributed by atoms with van der Waals surface area (Å²) in [5.74, 6) is 0. The lowest BCUT2D eigenvalue weighted by molar-refractivity contribution is 0.0522. The highest BCUT2D eigenvalue weighted by atomic mass is 16.5. The lowest BCUT2D eigenvalue weighted by atomic mass is 10.1. The van der Waals surface area contributed by atoms with E-state index in [-0.39, 0.29) is 18.1 Å². The van der Waals surface area contributed by atoms with Gasteiger partial charge in [-0.15, -0.1) is 0 Å². The van der Waals surface area contributed by atoms with Crippen LogP contribution in [0.25, 0.3) is 0 Å². The SMILES string of the molecule is CN(C(=O)N1CCCCC(NC(=O)N2CCOCC2)C1)c1ccccc1. The molecule has 1 atom stereocenters. The number of morpholine rings is 1. The second-order valence-electron chi connectivity index (χ2n) is 6.86. The van der Waals surface area contributed by atoms with E-state index in [4.69, 9.17) is 4.74 Å². The molecule has 0 bridgehead atoms. The van der Waals surface area contributed by atoms with Crippen LogP contribution in [0.1, 0.15) is 19.3 Å². The quantitative estimate of drug-likeness (QED) is 0.879. The first-order chi connectivity index (χ1) is 12.6. The average molecular weight is 360 g/mol. The van der Waals surface area contributed by atoms with Crippen LogP contribution in [-0.4, -0.2) is 74.3 Å². The molecule has 0 aliphatic carbocycles. The summed E-state index contributed by atoms with van der Waals surface area (Å²) >= 11 is 0. The average Bonchev–Trinajstić information content (AvgIpc) is 2.93. The number of nitrogens with zero attached hydrogens (tertiary/aromatic N) is 3. The summed E-state index contributed by atoms with van der Waals surface area (Å²) in [6.07, 6.45) is 2.86. The highest BCUT2D eigenvalue weighted by Gasteiger charge is 2.27. The lowest BCUT2D eigenvalue weighted by Crippen LogP contribution is -2.53. The van der Waals surface area contributed by atoms with Crippen molar-refractivity contribution in [3.63, 3.8) is 0 Å². The van der Waals surface area contributed by atoms with Gasteiger partial charge in [0.15, 0.2) is 0 Å². The van der Waals surface area contributed by atoms with Crippen molar-refractivity contribution in [2.75, 3.05) is 51.3 Å². The summed E-state index contributed by atoms with van der Waals surface area (Å²) in [5, 5.41) is 3.11. The number of benzene rings is 1. The smallest absolute Gasteiger partial charge is 0.324 e. The van der Waals surface area contributed by atoms with Crippen molar-refractivity contribution in [1.82, 2.24) is 15.1 Å². The number of urea groups is 2. The van der Waals surface area contributed by atoms with Crippen LogP contribution in [0.5, 0.6) is 0 Å². The van der Waals surface area contributed by atoms with Gasteiger partial charge in [0.2, 0.25) is 0 Å². The van der Waals surface area contributed by atoms with Gasteiger partial charge in [-0.25, -0.2) is 9.59 Å². The van der Waals surface area contributed by atoms with Gasteiger partial charge in [-0.3, -0.25) is 4.90 Å². The van der Waals surface area contributed by atoms with Crippen LogP contribution >= 0.6 is 0 Å². The number of rotatable bonds is 2. The Labute approximate surface area is 154 Å². The van der Waals surface area contributed by atoms with Crippen molar-refractivity contribution in [2.45, 2.75) is 25.3 Å². The molecule has 3 rings (SSSR count). The molecule has 0 aromatic heterocycles. The Morgan fingerprint density at radius 3 is 2.54 bits per heavy atom. The van der Waals surface area contributed by atoms with Gasteiger partial charge in [-0.05, 0) is 31.4 Å². The Bertz CT molecular complexity index is 604. The Hall–Kier alpha value is -2.28. The van der Waals surface area contributed by atoms with E-state index in [1.807, 2.05) is 35.2 Å². The minimum absolute atomic E-state index is 0.0130. The molecule has 1 aromatic rings. The molecule has 1 N–H and O–H groups in total. The molecule has 2 heterocycles. The summed E-state index contributed by atoms with van der Waals surface area (Å²) < 4.78 is 5.30. The van der Waals surface area contributed by atoms with Crippen molar-refractivity contribution in [2.24, 2.45) is 0 Å². The molecule has 1 unspecified atom stereocenters. The van der Waals surface area contributed by atoms with Gasteiger partial charge < -0.3 is 19.9 Å². The Balaban J connectivity index is 1.59.